The van der Waals surface area contributed by atoms with Crippen LogP contribution in [0.1, 0.15) is 40.5 Å². The fourth-order valence-corrected chi connectivity index (χ4v) is 4.66. The normalized spacial score (nSPS) is 16.0. The number of nitrogens with zero attached hydrogens (tertiary/aromatic N) is 4. The molecule has 0 bridgehead atoms. The molecular weight excluding hydrogens is 383 g/mol. The van der Waals surface area contributed by atoms with Crippen LogP contribution < -0.4 is 0 Å². The average Bonchev–Trinajstić information content (AvgIpc) is 3.32. The summed E-state index contributed by atoms with van der Waals surface area (Å²) in [7, 11) is 0. The van der Waals surface area contributed by atoms with E-state index in [2.05, 4.69) is 22.4 Å². The van der Waals surface area contributed by atoms with E-state index in [4.69, 9.17) is 0 Å². The number of carboxylic acid groups (broad SMARTS) is 1. The van der Waals surface area contributed by atoms with Crippen molar-refractivity contribution in [2.45, 2.75) is 38.1 Å². The van der Waals surface area contributed by atoms with E-state index in [0.717, 1.165) is 35.4 Å². The molecule has 5 rings (SSSR count). The van der Waals surface area contributed by atoms with Crippen LogP contribution in [0.5, 0.6) is 0 Å². The maximum Gasteiger partial charge on any atom is 0.307 e. The largest absolute Gasteiger partial charge is 0.481 e. The van der Waals surface area contributed by atoms with Gasteiger partial charge in [0.1, 0.15) is 0 Å². The van der Waals surface area contributed by atoms with Gasteiger partial charge in [0.15, 0.2) is 5.95 Å². The molecule has 1 atom stereocenters. The molecule has 0 amide bonds. The molecule has 7 heteroatoms. The minimum atomic E-state index is -0.905. The second-order valence-electron chi connectivity index (χ2n) is 7.77. The third-order valence-corrected chi connectivity index (χ3v) is 5.94. The van der Waals surface area contributed by atoms with E-state index >= 15 is 0 Å². The first-order valence-electron chi connectivity index (χ1n) is 10.1. The van der Waals surface area contributed by atoms with Crippen molar-refractivity contribution in [1.82, 2.24) is 19.4 Å². The van der Waals surface area contributed by atoms with Crippen LogP contribution in [0.4, 0.5) is 4.39 Å². The summed E-state index contributed by atoms with van der Waals surface area (Å²) in [6, 6.07) is 15.1. The van der Waals surface area contributed by atoms with Crippen LogP contribution in [0.15, 0.2) is 54.7 Å². The van der Waals surface area contributed by atoms with Crippen molar-refractivity contribution < 1.29 is 14.3 Å². The molecule has 0 saturated heterocycles. The third kappa shape index (κ3) is 3.16. The lowest BCUT2D eigenvalue weighted by atomic mass is 9.90. The van der Waals surface area contributed by atoms with Crippen molar-refractivity contribution in [1.29, 1.82) is 0 Å². The number of carboxylic acids is 1. The van der Waals surface area contributed by atoms with Gasteiger partial charge in [-0.05, 0) is 41.7 Å². The molecule has 0 fully saturated rings. The summed E-state index contributed by atoms with van der Waals surface area (Å²) in [5.41, 5.74) is 5.37. The number of hydrogen-bond donors (Lipinski definition) is 1. The van der Waals surface area contributed by atoms with Gasteiger partial charge in [-0.2, -0.15) is 4.39 Å². The van der Waals surface area contributed by atoms with Gasteiger partial charge in [0.05, 0.1) is 29.9 Å². The van der Waals surface area contributed by atoms with Crippen LogP contribution in [-0.2, 0) is 30.5 Å². The number of aliphatic carboxylic acids is 1. The minimum absolute atomic E-state index is 0.0501. The quantitative estimate of drug-likeness (QED) is 0.516. The maximum atomic E-state index is 14.7. The van der Waals surface area contributed by atoms with Crippen molar-refractivity contribution in [2.75, 3.05) is 0 Å². The average molecular weight is 404 g/mol. The van der Waals surface area contributed by atoms with Crippen molar-refractivity contribution in [3.63, 3.8) is 0 Å². The molecule has 1 aliphatic carbocycles. The Bertz CT molecular complexity index is 1230. The smallest absolute Gasteiger partial charge is 0.307 e. The monoisotopic (exact) mass is 404 g/mol. The highest BCUT2D eigenvalue weighted by Gasteiger charge is 2.30. The SMILES string of the molecule is O=C(O)Cc1c2c(n3c(F)cccc13)CC(n1nncc1Cc1ccccc1)CC2. The van der Waals surface area contributed by atoms with Gasteiger partial charge < -0.3 is 5.11 Å². The van der Waals surface area contributed by atoms with Crippen LogP contribution in [0.3, 0.4) is 0 Å². The fourth-order valence-electron chi connectivity index (χ4n) is 4.66. The molecule has 1 aromatic carbocycles. The van der Waals surface area contributed by atoms with Gasteiger partial charge in [-0.1, -0.05) is 41.6 Å². The van der Waals surface area contributed by atoms with Gasteiger partial charge in [0.2, 0.25) is 0 Å². The highest BCUT2D eigenvalue weighted by atomic mass is 19.1. The molecule has 1 unspecified atom stereocenters. The van der Waals surface area contributed by atoms with Crippen molar-refractivity contribution in [3.05, 3.63) is 88.8 Å². The van der Waals surface area contributed by atoms with Crippen molar-refractivity contribution in [2.24, 2.45) is 0 Å². The number of hydrogen-bond acceptors (Lipinski definition) is 3. The van der Waals surface area contributed by atoms with Gasteiger partial charge >= 0.3 is 5.97 Å². The predicted molar refractivity (Wildman–Crippen MR) is 109 cm³/mol. The van der Waals surface area contributed by atoms with E-state index < -0.39 is 5.97 Å². The number of fused-ring (bicyclic) bond motifs is 3. The van der Waals surface area contributed by atoms with Crippen molar-refractivity contribution >= 4 is 11.5 Å². The van der Waals surface area contributed by atoms with Crippen LogP contribution >= 0.6 is 0 Å². The standard InChI is InChI=1S/C23H21FN4O2/c24-22-8-4-7-20-19(13-23(29)30)18-10-9-16(12-21(18)27(20)22)28-17(14-25-26-28)11-15-5-2-1-3-6-15/h1-8,14,16H,9-13H2,(H,29,30). The first-order valence-corrected chi connectivity index (χ1v) is 10.1. The number of benzene rings is 1. The van der Waals surface area contributed by atoms with Crippen LogP contribution in [0, 0.1) is 5.95 Å². The molecule has 4 aromatic rings. The predicted octanol–water partition coefficient (Wildman–Crippen LogP) is 3.62. The summed E-state index contributed by atoms with van der Waals surface area (Å²) in [5, 5.41) is 17.8. The molecule has 0 radical (unpaired) electrons. The summed E-state index contributed by atoms with van der Waals surface area (Å²) in [5.74, 6) is -1.28. The Morgan fingerprint density at radius 2 is 2.00 bits per heavy atom. The summed E-state index contributed by atoms with van der Waals surface area (Å²) < 4.78 is 18.3. The Kier molecular flexibility index (Phi) is 4.58. The highest BCUT2D eigenvalue weighted by molar-refractivity contribution is 5.77. The summed E-state index contributed by atoms with van der Waals surface area (Å²) in [4.78, 5) is 11.4. The number of halogens is 1. The lowest BCUT2D eigenvalue weighted by Crippen LogP contribution is -2.23. The zero-order valence-corrected chi connectivity index (χ0v) is 16.3. The molecule has 0 spiro atoms. The number of pyridine rings is 1. The van der Waals surface area contributed by atoms with Crippen LogP contribution in [0.2, 0.25) is 0 Å². The van der Waals surface area contributed by atoms with E-state index in [9.17, 15) is 14.3 Å². The van der Waals surface area contributed by atoms with Crippen LogP contribution in [0.25, 0.3) is 5.52 Å². The fraction of sp³-hybridized carbons (Fsp3) is 0.261. The molecule has 3 aromatic heterocycles. The van der Waals surface area contributed by atoms with E-state index in [1.807, 2.05) is 22.9 Å². The molecular formula is C23H21FN4O2. The second-order valence-corrected chi connectivity index (χ2v) is 7.77. The Balaban J connectivity index is 1.53. The minimum Gasteiger partial charge on any atom is -0.481 e. The maximum absolute atomic E-state index is 14.7. The molecule has 3 heterocycles. The zero-order chi connectivity index (χ0) is 20.7. The van der Waals surface area contributed by atoms with E-state index in [-0.39, 0.29) is 18.4 Å². The van der Waals surface area contributed by atoms with Gasteiger partial charge in [0.25, 0.3) is 0 Å². The summed E-state index contributed by atoms with van der Waals surface area (Å²) in [6.07, 6.45) is 4.50. The second kappa shape index (κ2) is 7.40. The zero-order valence-electron chi connectivity index (χ0n) is 16.3. The molecule has 152 valence electrons. The summed E-state index contributed by atoms with van der Waals surface area (Å²) >= 11 is 0. The highest BCUT2D eigenvalue weighted by Crippen LogP contribution is 2.36. The van der Waals surface area contributed by atoms with Crippen molar-refractivity contribution in [3.8, 4) is 0 Å². The number of rotatable bonds is 5. The Morgan fingerprint density at radius 1 is 1.17 bits per heavy atom. The molecule has 1 aliphatic rings. The molecule has 1 N–H and O–H groups in total. The number of carbonyl (C=O) groups is 1. The molecule has 30 heavy (non-hydrogen) atoms. The van der Waals surface area contributed by atoms with Gasteiger partial charge in [-0.3, -0.25) is 9.20 Å². The molecule has 6 nitrogen and oxygen atoms in total. The Hall–Kier alpha value is -3.48. The lowest BCUT2D eigenvalue weighted by molar-refractivity contribution is -0.136. The van der Waals surface area contributed by atoms with E-state index in [1.54, 1.807) is 22.7 Å². The third-order valence-electron chi connectivity index (χ3n) is 5.94. The molecule has 0 aliphatic heterocycles. The first kappa shape index (κ1) is 18.5. The first-order chi connectivity index (χ1) is 14.6. The summed E-state index contributed by atoms with van der Waals surface area (Å²) in [6.45, 7) is 0. The van der Waals surface area contributed by atoms with E-state index in [1.165, 1.54) is 11.6 Å². The van der Waals surface area contributed by atoms with Gasteiger partial charge in [-0.25, -0.2) is 4.68 Å². The topological polar surface area (TPSA) is 72.4 Å². The van der Waals surface area contributed by atoms with Gasteiger partial charge in [0, 0.05) is 18.5 Å². The van der Waals surface area contributed by atoms with E-state index in [0.29, 0.717) is 18.4 Å². The molecule has 0 saturated carbocycles. The Morgan fingerprint density at radius 3 is 2.80 bits per heavy atom. The van der Waals surface area contributed by atoms with Gasteiger partial charge in [-0.15, -0.1) is 5.10 Å². The number of aromatic nitrogens is 4. The Labute approximate surface area is 172 Å². The lowest BCUT2D eigenvalue weighted by Gasteiger charge is -2.25. The van der Waals surface area contributed by atoms with Crippen LogP contribution in [-0.4, -0.2) is 30.5 Å².